The van der Waals surface area contributed by atoms with E-state index in [1.54, 1.807) is 18.5 Å². The van der Waals surface area contributed by atoms with Gasteiger partial charge >= 0.3 is 5.97 Å². The summed E-state index contributed by atoms with van der Waals surface area (Å²) in [6, 6.07) is 3.52. The van der Waals surface area contributed by atoms with Gasteiger partial charge in [-0.25, -0.2) is 14.8 Å². The van der Waals surface area contributed by atoms with Gasteiger partial charge in [0.25, 0.3) is 0 Å². The van der Waals surface area contributed by atoms with E-state index in [2.05, 4.69) is 9.97 Å². The SMILES string of the molecule is O=C(O)c1ncccc1-n1cnc2c1CCCC2. The highest BCUT2D eigenvalue weighted by molar-refractivity contribution is 5.89. The first-order valence-electron chi connectivity index (χ1n) is 6.01. The number of fused-ring (bicyclic) bond motifs is 1. The van der Waals surface area contributed by atoms with Crippen LogP contribution in [0.3, 0.4) is 0 Å². The van der Waals surface area contributed by atoms with Crippen LogP contribution in [0.4, 0.5) is 0 Å². The third-order valence-corrected chi connectivity index (χ3v) is 3.28. The number of aromatic carboxylic acids is 1. The average Bonchev–Trinajstić information content (AvgIpc) is 2.82. The van der Waals surface area contributed by atoms with Crippen LogP contribution in [0, 0.1) is 0 Å². The number of carbonyl (C=O) groups is 1. The number of nitrogens with zero attached hydrogens (tertiary/aromatic N) is 3. The van der Waals surface area contributed by atoms with Crippen LogP contribution in [-0.2, 0) is 12.8 Å². The molecule has 2 aromatic rings. The van der Waals surface area contributed by atoms with Crippen molar-refractivity contribution in [2.45, 2.75) is 25.7 Å². The predicted octanol–water partition coefficient (Wildman–Crippen LogP) is 1.84. The number of hydrogen-bond donors (Lipinski definition) is 1. The Bertz CT molecular complexity index is 604. The van der Waals surface area contributed by atoms with Gasteiger partial charge in [0.05, 0.1) is 17.7 Å². The summed E-state index contributed by atoms with van der Waals surface area (Å²) >= 11 is 0. The molecule has 3 rings (SSSR count). The Kier molecular flexibility index (Phi) is 2.59. The predicted molar refractivity (Wildman–Crippen MR) is 65.0 cm³/mol. The molecule has 5 heteroatoms. The third kappa shape index (κ3) is 1.68. The van der Waals surface area contributed by atoms with Crippen molar-refractivity contribution in [2.24, 2.45) is 0 Å². The normalized spacial score (nSPS) is 14.2. The highest BCUT2D eigenvalue weighted by Gasteiger charge is 2.19. The molecule has 0 saturated carbocycles. The van der Waals surface area contributed by atoms with Crippen LogP contribution in [0.25, 0.3) is 5.69 Å². The monoisotopic (exact) mass is 243 g/mol. The number of rotatable bonds is 2. The summed E-state index contributed by atoms with van der Waals surface area (Å²) in [7, 11) is 0. The number of carboxylic acid groups (broad SMARTS) is 1. The first-order chi connectivity index (χ1) is 8.77. The number of hydrogen-bond acceptors (Lipinski definition) is 3. The van der Waals surface area contributed by atoms with Crippen LogP contribution in [-0.4, -0.2) is 25.6 Å². The molecule has 0 atom stereocenters. The molecule has 0 fully saturated rings. The lowest BCUT2D eigenvalue weighted by atomic mass is 10.0. The van der Waals surface area contributed by atoms with Gasteiger partial charge in [0.15, 0.2) is 5.69 Å². The van der Waals surface area contributed by atoms with E-state index in [1.807, 2.05) is 4.57 Å². The second-order valence-electron chi connectivity index (χ2n) is 4.39. The third-order valence-electron chi connectivity index (χ3n) is 3.28. The van der Waals surface area contributed by atoms with Gasteiger partial charge in [0.1, 0.15) is 0 Å². The van der Waals surface area contributed by atoms with Crippen LogP contribution < -0.4 is 0 Å². The molecule has 0 radical (unpaired) electrons. The second-order valence-corrected chi connectivity index (χ2v) is 4.39. The topological polar surface area (TPSA) is 68.0 Å². The lowest BCUT2D eigenvalue weighted by Gasteiger charge is -2.14. The molecule has 5 nitrogen and oxygen atoms in total. The zero-order valence-electron chi connectivity index (χ0n) is 9.83. The Morgan fingerprint density at radius 2 is 2.11 bits per heavy atom. The molecule has 18 heavy (non-hydrogen) atoms. The van der Waals surface area contributed by atoms with E-state index in [9.17, 15) is 9.90 Å². The van der Waals surface area contributed by atoms with E-state index in [4.69, 9.17) is 0 Å². The Morgan fingerprint density at radius 3 is 2.94 bits per heavy atom. The maximum absolute atomic E-state index is 11.2. The molecule has 0 aliphatic heterocycles. The molecule has 0 unspecified atom stereocenters. The van der Waals surface area contributed by atoms with Gasteiger partial charge in [0, 0.05) is 11.9 Å². The molecule has 1 aliphatic carbocycles. The van der Waals surface area contributed by atoms with Crippen molar-refractivity contribution >= 4 is 5.97 Å². The maximum Gasteiger partial charge on any atom is 0.356 e. The minimum atomic E-state index is -1.01. The fourth-order valence-electron chi connectivity index (χ4n) is 2.43. The quantitative estimate of drug-likeness (QED) is 0.873. The van der Waals surface area contributed by atoms with Gasteiger partial charge in [0.2, 0.25) is 0 Å². The Morgan fingerprint density at radius 1 is 1.28 bits per heavy atom. The first-order valence-corrected chi connectivity index (χ1v) is 6.01. The fourth-order valence-corrected chi connectivity index (χ4v) is 2.43. The Balaban J connectivity index is 2.15. The van der Waals surface area contributed by atoms with Gasteiger partial charge in [-0.2, -0.15) is 0 Å². The van der Waals surface area contributed by atoms with Gasteiger partial charge in [-0.15, -0.1) is 0 Å². The van der Waals surface area contributed by atoms with Crippen molar-refractivity contribution in [1.82, 2.24) is 14.5 Å². The molecule has 0 spiro atoms. The molecule has 0 amide bonds. The fraction of sp³-hybridized carbons (Fsp3) is 0.308. The van der Waals surface area contributed by atoms with E-state index in [-0.39, 0.29) is 5.69 Å². The summed E-state index contributed by atoms with van der Waals surface area (Å²) < 4.78 is 1.87. The van der Waals surface area contributed by atoms with Crippen LogP contribution in [0.2, 0.25) is 0 Å². The average molecular weight is 243 g/mol. The van der Waals surface area contributed by atoms with Crippen LogP contribution in [0.15, 0.2) is 24.7 Å². The molecule has 1 N–H and O–H groups in total. The Labute approximate surface area is 104 Å². The van der Waals surface area contributed by atoms with Crippen molar-refractivity contribution < 1.29 is 9.90 Å². The molecule has 2 heterocycles. The number of aromatic nitrogens is 3. The summed E-state index contributed by atoms with van der Waals surface area (Å²) in [5, 5.41) is 9.17. The van der Waals surface area contributed by atoms with Gasteiger partial charge in [-0.05, 0) is 37.8 Å². The number of carboxylic acids is 1. The highest BCUT2D eigenvalue weighted by Crippen LogP contribution is 2.24. The summed E-state index contributed by atoms with van der Waals surface area (Å²) in [5.41, 5.74) is 2.88. The van der Waals surface area contributed by atoms with E-state index >= 15 is 0 Å². The smallest absolute Gasteiger partial charge is 0.356 e. The van der Waals surface area contributed by atoms with Gasteiger partial charge in [-0.3, -0.25) is 0 Å². The molecule has 2 aromatic heterocycles. The number of aryl methyl sites for hydroxylation is 1. The van der Waals surface area contributed by atoms with Crippen molar-refractivity contribution in [3.8, 4) is 5.69 Å². The minimum Gasteiger partial charge on any atom is -0.476 e. The van der Waals surface area contributed by atoms with Crippen LogP contribution >= 0.6 is 0 Å². The first kappa shape index (κ1) is 11.0. The van der Waals surface area contributed by atoms with E-state index in [0.29, 0.717) is 5.69 Å². The zero-order chi connectivity index (χ0) is 12.5. The summed E-state index contributed by atoms with van der Waals surface area (Å²) in [5.74, 6) is -1.01. The number of imidazole rings is 1. The second kappa shape index (κ2) is 4.25. The molecule has 92 valence electrons. The van der Waals surface area contributed by atoms with E-state index < -0.39 is 5.97 Å². The van der Waals surface area contributed by atoms with E-state index in [0.717, 1.165) is 37.1 Å². The van der Waals surface area contributed by atoms with Crippen molar-refractivity contribution in [2.75, 3.05) is 0 Å². The Hall–Kier alpha value is -2.17. The van der Waals surface area contributed by atoms with Crippen LogP contribution in [0.1, 0.15) is 34.7 Å². The minimum absolute atomic E-state index is 0.0725. The molecular formula is C13H13N3O2. The summed E-state index contributed by atoms with van der Waals surface area (Å²) in [6.07, 6.45) is 7.41. The summed E-state index contributed by atoms with van der Waals surface area (Å²) in [6.45, 7) is 0. The maximum atomic E-state index is 11.2. The highest BCUT2D eigenvalue weighted by atomic mass is 16.4. The van der Waals surface area contributed by atoms with Crippen molar-refractivity contribution in [3.05, 3.63) is 41.7 Å². The molecule has 0 aromatic carbocycles. The summed E-state index contributed by atoms with van der Waals surface area (Å²) in [4.78, 5) is 19.5. The van der Waals surface area contributed by atoms with Gasteiger partial charge < -0.3 is 9.67 Å². The molecule has 1 aliphatic rings. The van der Waals surface area contributed by atoms with Gasteiger partial charge in [-0.1, -0.05) is 0 Å². The van der Waals surface area contributed by atoms with Crippen LogP contribution in [0.5, 0.6) is 0 Å². The lowest BCUT2D eigenvalue weighted by molar-refractivity contribution is 0.0690. The number of pyridine rings is 1. The van der Waals surface area contributed by atoms with Crippen molar-refractivity contribution in [1.29, 1.82) is 0 Å². The zero-order valence-corrected chi connectivity index (χ0v) is 9.83. The van der Waals surface area contributed by atoms with Crippen molar-refractivity contribution in [3.63, 3.8) is 0 Å². The molecule has 0 bridgehead atoms. The largest absolute Gasteiger partial charge is 0.476 e. The lowest BCUT2D eigenvalue weighted by Crippen LogP contribution is -2.11. The van der Waals surface area contributed by atoms with E-state index in [1.165, 1.54) is 6.20 Å². The molecular weight excluding hydrogens is 230 g/mol. The standard InChI is InChI=1S/C13H13N3O2/c17-13(18)12-11(6-3-7-14-12)16-8-15-9-4-1-2-5-10(9)16/h3,6-8H,1-2,4-5H2,(H,17,18). The molecule has 0 saturated heterocycles.